The van der Waals surface area contributed by atoms with Crippen molar-refractivity contribution >= 4 is 32.7 Å². The quantitative estimate of drug-likeness (QED) is 0.741. The molecule has 0 spiro atoms. The summed E-state index contributed by atoms with van der Waals surface area (Å²) >= 11 is 3.44. The molecule has 3 aromatic rings. The molecule has 0 bridgehead atoms. The van der Waals surface area contributed by atoms with Gasteiger partial charge in [0, 0.05) is 11.5 Å². The number of carbonyl (C=O) groups is 1. The minimum Gasteiger partial charge on any atom is -0.467 e. The number of nitrogens with zero attached hydrogens (tertiary/aromatic N) is 2. The second-order valence-corrected chi connectivity index (χ2v) is 6.06. The van der Waals surface area contributed by atoms with E-state index in [-0.39, 0.29) is 5.91 Å². The Kier molecular flexibility index (Phi) is 4.38. The highest BCUT2D eigenvalue weighted by Crippen LogP contribution is 2.28. The standard InChI is InChI=1S/C16H16BrN3O3/c1-10(15(21)18-9-12-4-3-7-22-12)23-16-13-8-11(17)5-6-14(13)20(2)19-16/h3-8,10H,9H2,1-2H3,(H,18,21). The lowest BCUT2D eigenvalue weighted by Crippen LogP contribution is -2.35. The monoisotopic (exact) mass is 377 g/mol. The third-order valence-electron chi connectivity index (χ3n) is 3.45. The fourth-order valence-electron chi connectivity index (χ4n) is 2.24. The number of aryl methyl sites for hydroxylation is 1. The van der Waals surface area contributed by atoms with Gasteiger partial charge in [-0.2, -0.15) is 0 Å². The number of nitrogens with one attached hydrogen (secondary N) is 1. The van der Waals surface area contributed by atoms with Crippen molar-refractivity contribution < 1.29 is 13.9 Å². The molecule has 1 N–H and O–H groups in total. The van der Waals surface area contributed by atoms with Gasteiger partial charge in [0.1, 0.15) is 5.76 Å². The molecule has 3 rings (SSSR count). The largest absolute Gasteiger partial charge is 0.467 e. The zero-order valence-electron chi connectivity index (χ0n) is 12.7. The number of carbonyl (C=O) groups excluding carboxylic acids is 1. The summed E-state index contributed by atoms with van der Waals surface area (Å²) in [5, 5.41) is 7.96. The fourth-order valence-corrected chi connectivity index (χ4v) is 2.61. The van der Waals surface area contributed by atoms with Gasteiger partial charge >= 0.3 is 0 Å². The summed E-state index contributed by atoms with van der Waals surface area (Å²) in [6, 6.07) is 9.38. The highest BCUT2D eigenvalue weighted by Gasteiger charge is 2.19. The van der Waals surface area contributed by atoms with E-state index in [1.165, 1.54) is 0 Å². The number of hydrogen-bond donors (Lipinski definition) is 1. The van der Waals surface area contributed by atoms with Crippen LogP contribution in [0.4, 0.5) is 0 Å². The Labute approximate surface area is 141 Å². The molecule has 0 aliphatic heterocycles. The van der Waals surface area contributed by atoms with Crippen molar-refractivity contribution in [2.45, 2.75) is 19.6 Å². The summed E-state index contributed by atoms with van der Waals surface area (Å²) in [7, 11) is 1.84. The van der Waals surface area contributed by atoms with Gasteiger partial charge < -0.3 is 14.5 Å². The first-order chi connectivity index (χ1) is 11.0. The summed E-state index contributed by atoms with van der Waals surface area (Å²) in [6.45, 7) is 2.02. The minimum atomic E-state index is -0.665. The van der Waals surface area contributed by atoms with Crippen LogP contribution in [0.1, 0.15) is 12.7 Å². The Bertz CT molecular complexity index is 827. The Balaban J connectivity index is 1.71. The van der Waals surface area contributed by atoms with Gasteiger partial charge in [-0.25, -0.2) is 0 Å². The van der Waals surface area contributed by atoms with E-state index in [1.54, 1.807) is 30.0 Å². The van der Waals surface area contributed by atoms with E-state index in [0.717, 1.165) is 15.4 Å². The van der Waals surface area contributed by atoms with Gasteiger partial charge in [0.05, 0.1) is 23.7 Å². The van der Waals surface area contributed by atoms with Crippen LogP contribution >= 0.6 is 15.9 Å². The molecule has 0 fully saturated rings. The van der Waals surface area contributed by atoms with Crippen molar-refractivity contribution in [1.29, 1.82) is 0 Å². The second-order valence-electron chi connectivity index (χ2n) is 5.15. The predicted molar refractivity (Wildman–Crippen MR) is 89.1 cm³/mol. The van der Waals surface area contributed by atoms with Crippen LogP contribution in [0.25, 0.3) is 10.9 Å². The van der Waals surface area contributed by atoms with Gasteiger partial charge in [-0.1, -0.05) is 15.9 Å². The summed E-state index contributed by atoms with van der Waals surface area (Å²) < 4.78 is 13.6. The van der Waals surface area contributed by atoms with Gasteiger partial charge in [0.15, 0.2) is 6.10 Å². The molecule has 7 heteroatoms. The Morgan fingerprint density at radius 2 is 2.30 bits per heavy atom. The van der Waals surface area contributed by atoms with Crippen LogP contribution in [0.15, 0.2) is 45.5 Å². The van der Waals surface area contributed by atoms with Crippen LogP contribution in [0, 0.1) is 0 Å². The van der Waals surface area contributed by atoms with Gasteiger partial charge in [0.2, 0.25) is 5.88 Å². The highest BCUT2D eigenvalue weighted by atomic mass is 79.9. The third-order valence-corrected chi connectivity index (χ3v) is 3.95. The topological polar surface area (TPSA) is 69.3 Å². The van der Waals surface area contributed by atoms with E-state index in [2.05, 4.69) is 26.3 Å². The van der Waals surface area contributed by atoms with Crippen molar-refractivity contribution in [3.63, 3.8) is 0 Å². The first-order valence-electron chi connectivity index (χ1n) is 7.13. The molecule has 1 aromatic carbocycles. The number of fused-ring (bicyclic) bond motifs is 1. The van der Waals surface area contributed by atoms with E-state index >= 15 is 0 Å². The lowest BCUT2D eigenvalue weighted by Gasteiger charge is -2.12. The minimum absolute atomic E-state index is 0.227. The molecule has 6 nitrogen and oxygen atoms in total. The number of furan rings is 1. The van der Waals surface area contributed by atoms with Crippen molar-refractivity contribution in [1.82, 2.24) is 15.1 Å². The van der Waals surface area contributed by atoms with E-state index in [0.29, 0.717) is 18.2 Å². The second kappa shape index (κ2) is 6.45. The Hall–Kier alpha value is -2.28. The average molecular weight is 378 g/mol. The highest BCUT2D eigenvalue weighted by molar-refractivity contribution is 9.10. The molecule has 0 saturated heterocycles. The van der Waals surface area contributed by atoms with Crippen LogP contribution in [0.3, 0.4) is 0 Å². The molecule has 1 atom stereocenters. The molecule has 1 unspecified atom stereocenters. The smallest absolute Gasteiger partial charge is 0.261 e. The predicted octanol–water partition coefficient (Wildman–Crippen LogP) is 3.01. The van der Waals surface area contributed by atoms with Gasteiger partial charge in [-0.15, -0.1) is 5.10 Å². The lowest BCUT2D eigenvalue weighted by molar-refractivity contribution is -0.127. The maximum absolute atomic E-state index is 12.1. The number of halogens is 1. The van der Waals surface area contributed by atoms with Crippen LogP contribution in [-0.4, -0.2) is 21.8 Å². The molecule has 1 amide bonds. The van der Waals surface area contributed by atoms with Crippen LogP contribution in [0.2, 0.25) is 0 Å². The van der Waals surface area contributed by atoms with Crippen LogP contribution < -0.4 is 10.1 Å². The van der Waals surface area contributed by atoms with Crippen molar-refractivity contribution in [2.75, 3.05) is 0 Å². The van der Waals surface area contributed by atoms with E-state index < -0.39 is 6.10 Å². The number of aromatic nitrogens is 2. The molecule has 2 heterocycles. The van der Waals surface area contributed by atoms with Gasteiger partial charge in [-0.3, -0.25) is 9.48 Å². The average Bonchev–Trinajstić information content (AvgIpc) is 3.14. The molecular formula is C16H16BrN3O3. The zero-order chi connectivity index (χ0) is 16.4. The maximum Gasteiger partial charge on any atom is 0.261 e. The molecule has 2 aromatic heterocycles. The zero-order valence-corrected chi connectivity index (χ0v) is 14.3. The fraction of sp³-hybridized carbons (Fsp3) is 0.250. The molecule has 0 aliphatic rings. The molecular weight excluding hydrogens is 362 g/mol. The number of ether oxygens (including phenoxy) is 1. The Morgan fingerprint density at radius 3 is 3.04 bits per heavy atom. The summed E-state index contributed by atoms with van der Waals surface area (Å²) in [4.78, 5) is 12.1. The van der Waals surface area contributed by atoms with Crippen LogP contribution in [-0.2, 0) is 18.4 Å². The first-order valence-corrected chi connectivity index (χ1v) is 7.93. The molecule has 0 saturated carbocycles. The Morgan fingerprint density at radius 1 is 1.48 bits per heavy atom. The molecule has 0 radical (unpaired) electrons. The summed E-state index contributed by atoms with van der Waals surface area (Å²) in [6.07, 6.45) is 0.904. The number of amides is 1. The lowest BCUT2D eigenvalue weighted by atomic mass is 10.2. The third kappa shape index (κ3) is 3.39. The number of rotatable bonds is 5. The van der Waals surface area contributed by atoms with E-state index in [9.17, 15) is 4.79 Å². The molecule has 0 aliphatic carbocycles. The van der Waals surface area contributed by atoms with Gasteiger partial charge in [-0.05, 0) is 37.3 Å². The van der Waals surface area contributed by atoms with Crippen molar-refractivity contribution in [2.24, 2.45) is 7.05 Å². The van der Waals surface area contributed by atoms with E-state index in [4.69, 9.17) is 9.15 Å². The van der Waals surface area contributed by atoms with Crippen molar-refractivity contribution in [3.05, 3.63) is 46.8 Å². The van der Waals surface area contributed by atoms with Crippen molar-refractivity contribution in [3.8, 4) is 5.88 Å². The number of hydrogen-bond acceptors (Lipinski definition) is 4. The summed E-state index contributed by atoms with van der Waals surface area (Å²) in [5.74, 6) is 0.900. The van der Waals surface area contributed by atoms with E-state index in [1.807, 2.05) is 25.2 Å². The molecule has 120 valence electrons. The maximum atomic E-state index is 12.1. The first kappa shape index (κ1) is 15.6. The molecule has 23 heavy (non-hydrogen) atoms. The van der Waals surface area contributed by atoms with Gasteiger partial charge in [0.25, 0.3) is 5.91 Å². The number of benzene rings is 1. The normalized spacial score (nSPS) is 12.3. The summed E-state index contributed by atoms with van der Waals surface area (Å²) in [5.41, 5.74) is 0.936. The SMILES string of the molecule is CC(Oc1nn(C)c2ccc(Br)cc12)C(=O)NCc1ccco1. The van der Waals surface area contributed by atoms with Crippen LogP contribution in [0.5, 0.6) is 5.88 Å².